The van der Waals surface area contributed by atoms with Crippen molar-refractivity contribution in [2.45, 2.75) is 26.2 Å². The van der Waals surface area contributed by atoms with Crippen LogP contribution in [-0.2, 0) is 0 Å². The van der Waals surface area contributed by atoms with E-state index in [1.54, 1.807) is 0 Å². The molecule has 0 bridgehead atoms. The Balaban J connectivity index is 2.26. The van der Waals surface area contributed by atoms with E-state index in [-0.39, 0.29) is 5.41 Å². The number of hydrogen-bond acceptors (Lipinski definition) is 3. The molecule has 0 aromatic heterocycles. The number of nitrogens with zero attached hydrogens (tertiary/aromatic N) is 1. The molecule has 1 rings (SSSR count). The topological polar surface area (TPSA) is 29.3 Å². The van der Waals surface area contributed by atoms with E-state index < -0.39 is 0 Å². The number of rotatable bonds is 5. The molecule has 0 saturated carbocycles. The van der Waals surface area contributed by atoms with Crippen molar-refractivity contribution in [3.05, 3.63) is 0 Å². The van der Waals surface area contributed by atoms with Crippen molar-refractivity contribution in [1.82, 2.24) is 4.90 Å². The number of thiocarbonyl (C=S) groups is 1. The predicted molar refractivity (Wildman–Crippen MR) is 73.6 cm³/mol. The van der Waals surface area contributed by atoms with Crippen LogP contribution in [0.3, 0.4) is 0 Å². The van der Waals surface area contributed by atoms with Gasteiger partial charge in [-0.05, 0) is 50.9 Å². The van der Waals surface area contributed by atoms with Crippen molar-refractivity contribution in [2.75, 3.05) is 31.6 Å². The molecule has 1 heterocycles. The fourth-order valence-electron chi connectivity index (χ4n) is 1.95. The molecule has 0 atom stereocenters. The number of piperidine rings is 1. The van der Waals surface area contributed by atoms with Crippen molar-refractivity contribution in [1.29, 1.82) is 0 Å². The molecule has 2 N–H and O–H groups in total. The Morgan fingerprint density at radius 2 is 2.07 bits per heavy atom. The summed E-state index contributed by atoms with van der Waals surface area (Å²) >= 11 is 7.06. The Kier molecular flexibility index (Phi) is 5.36. The standard InChI is InChI=1S/C11H22N2S2/c1-11(10(12)14)4-7-13(8-5-11)6-3-9-15-2/h3-9H2,1-2H3,(H2,12,14). The summed E-state index contributed by atoms with van der Waals surface area (Å²) in [5.41, 5.74) is 5.89. The van der Waals surface area contributed by atoms with Crippen LogP contribution in [0.5, 0.6) is 0 Å². The Bertz CT molecular complexity index is 211. The van der Waals surface area contributed by atoms with Gasteiger partial charge in [0.1, 0.15) is 0 Å². The molecule has 88 valence electrons. The fourth-order valence-corrected chi connectivity index (χ4v) is 2.57. The summed E-state index contributed by atoms with van der Waals surface area (Å²) in [7, 11) is 0. The van der Waals surface area contributed by atoms with Gasteiger partial charge in [-0.2, -0.15) is 11.8 Å². The highest BCUT2D eigenvalue weighted by Gasteiger charge is 2.32. The Labute approximate surface area is 103 Å². The highest BCUT2D eigenvalue weighted by Crippen LogP contribution is 2.31. The molecule has 0 aromatic rings. The molecular formula is C11H22N2S2. The summed E-state index contributed by atoms with van der Waals surface area (Å²) in [5, 5.41) is 0. The van der Waals surface area contributed by atoms with E-state index in [4.69, 9.17) is 18.0 Å². The highest BCUT2D eigenvalue weighted by atomic mass is 32.2. The third kappa shape index (κ3) is 3.93. The van der Waals surface area contributed by atoms with E-state index >= 15 is 0 Å². The lowest BCUT2D eigenvalue weighted by molar-refractivity contribution is 0.165. The first-order valence-corrected chi connectivity index (χ1v) is 7.40. The van der Waals surface area contributed by atoms with Crippen LogP contribution in [0, 0.1) is 5.41 Å². The highest BCUT2D eigenvalue weighted by molar-refractivity contribution is 7.98. The maximum atomic E-state index is 5.78. The average Bonchev–Trinajstić information content (AvgIpc) is 2.21. The normalized spacial score (nSPS) is 21.5. The van der Waals surface area contributed by atoms with Gasteiger partial charge in [0.15, 0.2) is 0 Å². The van der Waals surface area contributed by atoms with Gasteiger partial charge in [-0.15, -0.1) is 0 Å². The van der Waals surface area contributed by atoms with Crippen molar-refractivity contribution in [3.63, 3.8) is 0 Å². The lowest BCUT2D eigenvalue weighted by Gasteiger charge is -2.38. The maximum Gasteiger partial charge on any atom is 0.0788 e. The maximum absolute atomic E-state index is 5.78. The molecule has 0 spiro atoms. The molecule has 4 heteroatoms. The lowest BCUT2D eigenvalue weighted by atomic mass is 9.80. The molecule has 1 aliphatic heterocycles. The molecule has 0 radical (unpaired) electrons. The van der Waals surface area contributed by atoms with Crippen LogP contribution in [0.25, 0.3) is 0 Å². The minimum Gasteiger partial charge on any atom is -0.393 e. The van der Waals surface area contributed by atoms with Crippen molar-refractivity contribution >= 4 is 29.0 Å². The smallest absolute Gasteiger partial charge is 0.0788 e. The van der Waals surface area contributed by atoms with Crippen LogP contribution in [-0.4, -0.2) is 41.5 Å². The first-order chi connectivity index (χ1) is 7.08. The predicted octanol–water partition coefficient (Wildman–Crippen LogP) is 2.13. The monoisotopic (exact) mass is 246 g/mol. The van der Waals surface area contributed by atoms with E-state index in [1.165, 1.54) is 18.7 Å². The molecule has 15 heavy (non-hydrogen) atoms. The summed E-state index contributed by atoms with van der Waals surface area (Å²) in [6.07, 6.45) is 5.72. The molecule has 1 aliphatic rings. The lowest BCUT2D eigenvalue weighted by Crippen LogP contribution is -2.44. The summed E-state index contributed by atoms with van der Waals surface area (Å²) in [4.78, 5) is 3.24. The van der Waals surface area contributed by atoms with Gasteiger partial charge in [0.05, 0.1) is 4.99 Å². The first-order valence-electron chi connectivity index (χ1n) is 5.60. The van der Waals surface area contributed by atoms with Gasteiger partial charge < -0.3 is 10.6 Å². The fraction of sp³-hybridized carbons (Fsp3) is 0.909. The third-order valence-corrected chi connectivity index (χ3v) is 4.57. The number of nitrogens with two attached hydrogens (primary N) is 1. The second-order valence-electron chi connectivity index (χ2n) is 4.61. The van der Waals surface area contributed by atoms with Gasteiger partial charge in [-0.1, -0.05) is 19.1 Å². The van der Waals surface area contributed by atoms with Gasteiger partial charge in [-0.3, -0.25) is 0 Å². The second kappa shape index (κ2) is 6.06. The molecule has 2 nitrogen and oxygen atoms in total. The molecule has 1 fully saturated rings. The number of hydrogen-bond donors (Lipinski definition) is 1. The molecule has 0 aromatic carbocycles. The molecular weight excluding hydrogens is 224 g/mol. The van der Waals surface area contributed by atoms with Gasteiger partial charge in [-0.25, -0.2) is 0 Å². The Morgan fingerprint density at radius 3 is 2.53 bits per heavy atom. The van der Waals surface area contributed by atoms with E-state index in [0.717, 1.165) is 25.9 Å². The first kappa shape index (κ1) is 13.3. The average molecular weight is 246 g/mol. The number of likely N-dealkylation sites (tertiary alicyclic amines) is 1. The zero-order valence-electron chi connectivity index (χ0n) is 9.79. The van der Waals surface area contributed by atoms with Crippen LogP contribution in [0.2, 0.25) is 0 Å². The van der Waals surface area contributed by atoms with Crippen LogP contribution in [0.15, 0.2) is 0 Å². The summed E-state index contributed by atoms with van der Waals surface area (Å²) < 4.78 is 0. The minimum atomic E-state index is 0.116. The van der Waals surface area contributed by atoms with Gasteiger partial charge in [0.2, 0.25) is 0 Å². The molecule has 1 saturated heterocycles. The zero-order chi connectivity index (χ0) is 11.3. The van der Waals surface area contributed by atoms with Crippen LogP contribution in [0.4, 0.5) is 0 Å². The quantitative estimate of drug-likeness (QED) is 0.594. The Morgan fingerprint density at radius 1 is 1.47 bits per heavy atom. The van der Waals surface area contributed by atoms with Crippen molar-refractivity contribution in [2.24, 2.45) is 11.1 Å². The van der Waals surface area contributed by atoms with E-state index in [0.29, 0.717) is 4.99 Å². The van der Waals surface area contributed by atoms with E-state index in [2.05, 4.69) is 18.1 Å². The summed E-state index contributed by atoms with van der Waals surface area (Å²) in [5.74, 6) is 1.27. The van der Waals surface area contributed by atoms with Gasteiger partial charge in [0, 0.05) is 5.41 Å². The third-order valence-electron chi connectivity index (χ3n) is 3.38. The zero-order valence-corrected chi connectivity index (χ0v) is 11.4. The second-order valence-corrected chi connectivity index (χ2v) is 6.04. The summed E-state index contributed by atoms with van der Waals surface area (Å²) in [6.45, 7) is 5.74. The van der Waals surface area contributed by atoms with Crippen molar-refractivity contribution < 1.29 is 0 Å². The van der Waals surface area contributed by atoms with Crippen LogP contribution >= 0.6 is 24.0 Å². The van der Waals surface area contributed by atoms with Gasteiger partial charge in [0.25, 0.3) is 0 Å². The molecule has 0 aliphatic carbocycles. The Hall–Kier alpha value is 0.200. The van der Waals surface area contributed by atoms with E-state index in [9.17, 15) is 0 Å². The van der Waals surface area contributed by atoms with Crippen LogP contribution < -0.4 is 5.73 Å². The molecule has 0 unspecified atom stereocenters. The number of thioether (sulfide) groups is 1. The largest absolute Gasteiger partial charge is 0.393 e. The van der Waals surface area contributed by atoms with Gasteiger partial charge >= 0.3 is 0 Å². The summed E-state index contributed by atoms with van der Waals surface area (Å²) in [6, 6.07) is 0. The van der Waals surface area contributed by atoms with E-state index in [1.807, 2.05) is 11.8 Å². The van der Waals surface area contributed by atoms with Crippen LogP contribution in [0.1, 0.15) is 26.2 Å². The SMILES string of the molecule is CSCCCN1CCC(C)(C(N)=S)CC1. The van der Waals surface area contributed by atoms with Crippen molar-refractivity contribution in [3.8, 4) is 0 Å². The molecule has 0 amide bonds. The minimum absolute atomic E-state index is 0.116.